The van der Waals surface area contributed by atoms with E-state index >= 15 is 0 Å². The third kappa shape index (κ3) is 3.43. The summed E-state index contributed by atoms with van der Waals surface area (Å²) in [5, 5.41) is 0.510. The Bertz CT molecular complexity index is 641. The third-order valence-corrected chi connectivity index (χ3v) is 3.34. The van der Waals surface area contributed by atoms with Gasteiger partial charge in [0.1, 0.15) is 0 Å². The lowest BCUT2D eigenvalue weighted by atomic mass is 10.1. The van der Waals surface area contributed by atoms with Gasteiger partial charge in [-0.05, 0) is 11.6 Å². The number of nitrogens with two attached hydrogens (primary N) is 1. The number of thioether (sulfide) groups is 1. The van der Waals surface area contributed by atoms with Gasteiger partial charge in [-0.3, -0.25) is 15.0 Å². The molecule has 6 nitrogen and oxygen atoms in total. The number of nitrogen functional groups attached to an aromatic ring is 1. The first-order chi connectivity index (χ1) is 9.20. The molecule has 2 aromatic rings. The molecule has 7 heteroatoms. The van der Waals surface area contributed by atoms with Crippen LogP contribution in [0.3, 0.4) is 0 Å². The first-order valence-corrected chi connectivity index (χ1v) is 6.46. The highest BCUT2D eigenvalue weighted by molar-refractivity contribution is 7.98. The number of rotatable bonds is 4. The van der Waals surface area contributed by atoms with E-state index in [1.54, 1.807) is 12.1 Å². The standard InChI is InChI=1S/C12H12N4O2S/c13-16-11(18)9-4-2-1-3-8(9)7-19-12-14-6-5-10(17)15-12/h1-6H,7,13H2,(H,16,18)(H,14,15,17). The molecule has 0 saturated heterocycles. The summed E-state index contributed by atoms with van der Waals surface area (Å²) in [6.07, 6.45) is 1.44. The zero-order chi connectivity index (χ0) is 13.7. The molecular formula is C12H12N4O2S. The quantitative estimate of drug-likeness (QED) is 0.250. The van der Waals surface area contributed by atoms with E-state index in [1.165, 1.54) is 24.0 Å². The smallest absolute Gasteiger partial charge is 0.265 e. The normalized spacial score (nSPS) is 10.2. The molecule has 98 valence electrons. The fraction of sp³-hybridized carbons (Fsp3) is 0.0833. The molecule has 19 heavy (non-hydrogen) atoms. The number of hydrogen-bond donors (Lipinski definition) is 3. The largest absolute Gasteiger partial charge is 0.301 e. The van der Waals surface area contributed by atoms with Gasteiger partial charge in [0.25, 0.3) is 11.5 Å². The van der Waals surface area contributed by atoms with Crippen molar-refractivity contribution in [1.29, 1.82) is 0 Å². The Kier molecular flexibility index (Phi) is 4.32. The molecule has 1 aromatic heterocycles. The van der Waals surface area contributed by atoms with Gasteiger partial charge in [0, 0.05) is 23.6 Å². The second-order valence-corrected chi connectivity index (χ2v) is 4.62. The number of amides is 1. The number of benzene rings is 1. The Balaban J connectivity index is 2.16. The van der Waals surface area contributed by atoms with Gasteiger partial charge >= 0.3 is 0 Å². The minimum absolute atomic E-state index is 0.203. The lowest BCUT2D eigenvalue weighted by Gasteiger charge is -2.07. The Labute approximate surface area is 113 Å². The van der Waals surface area contributed by atoms with E-state index in [4.69, 9.17) is 5.84 Å². The highest BCUT2D eigenvalue weighted by atomic mass is 32.2. The number of aromatic amines is 1. The average Bonchev–Trinajstić information content (AvgIpc) is 2.45. The second kappa shape index (κ2) is 6.17. The zero-order valence-corrected chi connectivity index (χ0v) is 10.7. The van der Waals surface area contributed by atoms with Crippen LogP contribution in [0.1, 0.15) is 15.9 Å². The highest BCUT2D eigenvalue weighted by Crippen LogP contribution is 2.20. The van der Waals surface area contributed by atoms with Crippen LogP contribution in [-0.4, -0.2) is 15.9 Å². The van der Waals surface area contributed by atoms with Gasteiger partial charge in [-0.1, -0.05) is 30.0 Å². The van der Waals surface area contributed by atoms with Crippen molar-refractivity contribution in [3.05, 3.63) is 58.0 Å². The molecule has 4 N–H and O–H groups in total. The first-order valence-electron chi connectivity index (χ1n) is 5.47. The van der Waals surface area contributed by atoms with Crippen molar-refractivity contribution in [2.45, 2.75) is 10.9 Å². The maximum absolute atomic E-state index is 11.6. The molecule has 2 rings (SSSR count). The van der Waals surface area contributed by atoms with E-state index in [9.17, 15) is 9.59 Å². The summed E-state index contributed by atoms with van der Waals surface area (Å²) in [4.78, 5) is 29.4. The topological polar surface area (TPSA) is 101 Å². The molecule has 0 aliphatic carbocycles. The Morgan fingerprint density at radius 2 is 2.16 bits per heavy atom. The van der Waals surface area contributed by atoms with E-state index in [0.29, 0.717) is 16.5 Å². The molecular weight excluding hydrogens is 264 g/mol. The number of nitrogens with one attached hydrogen (secondary N) is 2. The highest BCUT2D eigenvalue weighted by Gasteiger charge is 2.09. The molecule has 0 saturated carbocycles. The summed E-state index contributed by atoms with van der Waals surface area (Å²) in [6, 6.07) is 8.48. The average molecular weight is 276 g/mol. The Morgan fingerprint density at radius 1 is 1.37 bits per heavy atom. The maximum Gasteiger partial charge on any atom is 0.265 e. The minimum atomic E-state index is -0.342. The lowest BCUT2D eigenvalue weighted by molar-refractivity contribution is 0.0953. The van der Waals surface area contributed by atoms with Crippen LogP contribution in [-0.2, 0) is 5.75 Å². The lowest BCUT2D eigenvalue weighted by Crippen LogP contribution is -2.30. The summed E-state index contributed by atoms with van der Waals surface area (Å²) in [5.74, 6) is 5.30. The number of hydrazine groups is 1. The van der Waals surface area contributed by atoms with Gasteiger partial charge in [-0.15, -0.1) is 0 Å². The second-order valence-electron chi connectivity index (χ2n) is 3.66. The van der Waals surface area contributed by atoms with Crippen molar-refractivity contribution >= 4 is 17.7 Å². The van der Waals surface area contributed by atoms with Gasteiger partial charge < -0.3 is 4.98 Å². The van der Waals surface area contributed by atoms with E-state index in [1.807, 2.05) is 12.1 Å². The molecule has 0 aliphatic heterocycles. The molecule has 1 heterocycles. The van der Waals surface area contributed by atoms with E-state index < -0.39 is 0 Å². The number of aromatic nitrogens is 2. The van der Waals surface area contributed by atoms with Crippen LogP contribution >= 0.6 is 11.8 Å². The molecule has 0 fully saturated rings. The van der Waals surface area contributed by atoms with Gasteiger partial charge in [-0.25, -0.2) is 10.8 Å². The molecule has 1 amide bonds. The van der Waals surface area contributed by atoms with Crippen LogP contribution in [0.4, 0.5) is 0 Å². The first kappa shape index (κ1) is 13.3. The Morgan fingerprint density at radius 3 is 2.89 bits per heavy atom. The van der Waals surface area contributed by atoms with Gasteiger partial charge in [-0.2, -0.15) is 0 Å². The van der Waals surface area contributed by atoms with E-state index in [2.05, 4.69) is 15.4 Å². The summed E-state index contributed by atoms with van der Waals surface area (Å²) >= 11 is 1.34. The monoisotopic (exact) mass is 276 g/mol. The molecule has 0 radical (unpaired) electrons. The summed E-state index contributed by atoms with van der Waals surface area (Å²) < 4.78 is 0. The molecule has 0 atom stereocenters. The molecule has 1 aromatic carbocycles. The number of hydrogen-bond acceptors (Lipinski definition) is 5. The molecule has 0 bridgehead atoms. The van der Waals surface area contributed by atoms with Crippen LogP contribution in [0.25, 0.3) is 0 Å². The third-order valence-electron chi connectivity index (χ3n) is 2.41. The number of H-pyrrole nitrogens is 1. The number of nitrogens with zero attached hydrogens (tertiary/aromatic N) is 1. The van der Waals surface area contributed by atoms with Crippen molar-refractivity contribution in [3.63, 3.8) is 0 Å². The van der Waals surface area contributed by atoms with Crippen LogP contribution in [0.15, 0.2) is 46.5 Å². The van der Waals surface area contributed by atoms with Gasteiger partial charge in [0.2, 0.25) is 0 Å². The van der Waals surface area contributed by atoms with E-state index in [-0.39, 0.29) is 11.5 Å². The van der Waals surface area contributed by atoms with Crippen molar-refractivity contribution < 1.29 is 4.79 Å². The maximum atomic E-state index is 11.6. The molecule has 0 spiro atoms. The summed E-state index contributed by atoms with van der Waals surface area (Å²) in [5.41, 5.74) is 3.24. The van der Waals surface area contributed by atoms with Gasteiger partial charge in [0.15, 0.2) is 5.16 Å². The van der Waals surface area contributed by atoms with E-state index in [0.717, 1.165) is 5.56 Å². The van der Waals surface area contributed by atoms with Crippen LogP contribution in [0.5, 0.6) is 0 Å². The van der Waals surface area contributed by atoms with Crippen molar-refractivity contribution in [2.24, 2.45) is 5.84 Å². The summed E-state index contributed by atoms with van der Waals surface area (Å²) in [7, 11) is 0. The number of carbonyl (C=O) groups excluding carboxylic acids is 1. The molecule has 0 unspecified atom stereocenters. The van der Waals surface area contributed by atoms with Crippen molar-refractivity contribution in [2.75, 3.05) is 0 Å². The Hall–Kier alpha value is -2.12. The SMILES string of the molecule is NNC(=O)c1ccccc1CSc1nccc(=O)[nH]1. The minimum Gasteiger partial charge on any atom is -0.301 e. The molecule has 0 aliphatic rings. The predicted octanol–water partition coefficient (Wildman–Crippen LogP) is 0.666. The van der Waals surface area contributed by atoms with Crippen LogP contribution < -0.4 is 16.8 Å². The van der Waals surface area contributed by atoms with Gasteiger partial charge in [0.05, 0.1) is 0 Å². The fourth-order valence-electron chi connectivity index (χ4n) is 1.52. The van der Waals surface area contributed by atoms with Crippen LogP contribution in [0, 0.1) is 0 Å². The zero-order valence-electron chi connectivity index (χ0n) is 9.92. The fourth-order valence-corrected chi connectivity index (χ4v) is 2.37. The van der Waals surface area contributed by atoms with Crippen LogP contribution in [0.2, 0.25) is 0 Å². The number of carbonyl (C=O) groups is 1. The van der Waals surface area contributed by atoms with Crippen molar-refractivity contribution in [1.82, 2.24) is 15.4 Å². The predicted molar refractivity (Wildman–Crippen MR) is 72.5 cm³/mol. The van der Waals surface area contributed by atoms with Crippen molar-refractivity contribution in [3.8, 4) is 0 Å². The summed E-state index contributed by atoms with van der Waals surface area (Å²) in [6.45, 7) is 0.